The number of benzene rings is 1. The standard InChI is InChI=1S/C12H12.V/c1-3-7-11(2)10-12-8-5-4-6-9-12;/h1,3-9H,2,10H2;. The molecule has 1 aromatic rings. The Kier molecular flexibility index (Phi) is 4.52. The molecule has 0 radical (unpaired) electrons. The molecule has 0 atom stereocenters. The minimum atomic E-state index is 0.929. The van der Waals surface area contributed by atoms with Crippen molar-refractivity contribution >= 4 is 4.73 Å². The first kappa shape index (κ1) is 10.2. The zero-order valence-corrected chi connectivity index (χ0v) is 8.88. The van der Waals surface area contributed by atoms with Crippen molar-refractivity contribution in [2.24, 2.45) is 0 Å². The molecule has 0 bridgehead atoms. The molecule has 0 amide bonds. The molecule has 0 aliphatic heterocycles. The number of hydrogen-bond donors (Lipinski definition) is 0. The number of allylic oxidation sites excluding steroid dienone is 3. The normalized spacial score (nSPS) is 10.1. The van der Waals surface area contributed by atoms with Gasteiger partial charge in [0.25, 0.3) is 0 Å². The van der Waals surface area contributed by atoms with Crippen molar-refractivity contribution in [2.45, 2.75) is 6.42 Å². The maximum absolute atomic E-state index is 3.97. The van der Waals surface area contributed by atoms with Crippen LogP contribution in [0.15, 0.2) is 54.6 Å². The van der Waals surface area contributed by atoms with Gasteiger partial charge in [-0.3, -0.25) is 0 Å². The molecule has 0 aromatic heterocycles. The molecule has 0 heterocycles. The summed E-state index contributed by atoms with van der Waals surface area (Å²) < 4.78 is 1.95. The van der Waals surface area contributed by atoms with Crippen LogP contribution in [0.5, 0.6) is 0 Å². The van der Waals surface area contributed by atoms with Gasteiger partial charge in [-0.1, -0.05) is 0 Å². The van der Waals surface area contributed by atoms with Crippen molar-refractivity contribution in [1.29, 1.82) is 0 Å². The van der Waals surface area contributed by atoms with E-state index >= 15 is 0 Å². The van der Waals surface area contributed by atoms with E-state index in [0.717, 1.165) is 12.0 Å². The van der Waals surface area contributed by atoms with Crippen LogP contribution < -0.4 is 0 Å². The van der Waals surface area contributed by atoms with Gasteiger partial charge in [0.05, 0.1) is 0 Å². The van der Waals surface area contributed by atoms with Crippen LogP contribution in [0.25, 0.3) is 0 Å². The summed E-state index contributed by atoms with van der Waals surface area (Å²) in [5.74, 6) is 0. The van der Waals surface area contributed by atoms with Crippen LogP contribution in [0, 0.1) is 0 Å². The van der Waals surface area contributed by atoms with E-state index in [9.17, 15) is 0 Å². The molecule has 0 spiro atoms. The number of hydrogen-bond acceptors (Lipinski definition) is 0. The molecule has 65 valence electrons. The third-order valence-electron chi connectivity index (χ3n) is 1.69. The quantitative estimate of drug-likeness (QED) is 0.666. The van der Waals surface area contributed by atoms with Gasteiger partial charge in [0.15, 0.2) is 0 Å². The summed E-state index contributed by atoms with van der Waals surface area (Å²) in [5, 5.41) is 0. The summed E-state index contributed by atoms with van der Waals surface area (Å²) in [6.07, 6.45) is 4.95. The van der Waals surface area contributed by atoms with E-state index in [1.165, 1.54) is 5.56 Å². The molecule has 0 fully saturated rings. The van der Waals surface area contributed by atoms with Gasteiger partial charge >= 0.3 is 88.3 Å². The second-order valence-electron chi connectivity index (χ2n) is 2.83. The van der Waals surface area contributed by atoms with Gasteiger partial charge in [-0.15, -0.1) is 0 Å². The predicted molar refractivity (Wildman–Crippen MR) is 54.5 cm³/mol. The van der Waals surface area contributed by atoms with Crippen LogP contribution >= 0.6 is 0 Å². The Morgan fingerprint density at radius 3 is 2.62 bits per heavy atom. The van der Waals surface area contributed by atoms with Crippen LogP contribution in [0.4, 0.5) is 0 Å². The summed E-state index contributed by atoms with van der Waals surface area (Å²) in [4.78, 5) is 0. The van der Waals surface area contributed by atoms with Crippen molar-refractivity contribution in [1.82, 2.24) is 0 Å². The van der Waals surface area contributed by atoms with E-state index in [1.807, 2.05) is 22.9 Å². The molecular weight excluding hydrogens is 195 g/mol. The summed E-state index contributed by atoms with van der Waals surface area (Å²) in [6, 6.07) is 10.4. The Hall–Kier alpha value is -0.846. The topological polar surface area (TPSA) is 0 Å². The van der Waals surface area contributed by atoms with Crippen molar-refractivity contribution in [3.63, 3.8) is 0 Å². The Balaban J connectivity index is 2.55. The molecule has 0 unspecified atom stereocenters. The van der Waals surface area contributed by atoms with E-state index in [1.54, 1.807) is 0 Å². The third-order valence-corrected chi connectivity index (χ3v) is 1.96. The van der Waals surface area contributed by atoms with Crippen LogP contribution in [-0.4, -0.2) is 4.73 Å². The zero-order chi connectivity index (χ0) is 9.52. The third kappa shape index (κ3) is 4.07. The minimum absolute atomic E-state index is 0.929. The van der Waals surface area contributed by atoms with Gasteiger partial charge in [0.2, 0.25) is 0 Å². The summed E-state index contributed by atoms with van der Waals surface area (Å²) in [7, 11) is 0. The van der Waals surface area contributed by atoms with E-state index in [0.29, 0.717) is 0 Å². The van der Waals surface area contributed by atoms with Gasteiger partial charge in [-0.25, -0.2) is 0 Å². The van der Waals surface area contributed by atoms with Crippen molar-refractivity contribution in [2.75, 3.05) is 0 Å². The van der Waals surface area contributed by atoms with Gasteiger partial charge in [0.1, 0.15) is 0 Å². The molecular formula is C12H12V. The summed E-state index contributed by atoms with van der Waals surface area (Å²) >= 11 is 2.41. The fourth-order valence-electron chi connectivity index (χ4n) is 1.10. The van der Waals surface area contributed by atoms with Crippen molar-refractivity contribution in [3.8, 4) is 0 Å². The van der Waals surface area contributed by atoms with Crippen molar-refractivity contribution in [3.05, 3.63) is 60.2 Å². The second-order valence-corrected chi connectivity index (χ2v) is 3.29. The molecule has 0 nitrogen and oxygen atoms in total. The summed E-state index contributed by atoms with van der Waals surface area (Å²) in [5.41, 5.74) is 2.44. The van der Waals surface area contributed by atoms with Crippen LogP contribution in [0.2, 0.25) is 0 Å². The average Bonchev–Trinajstić information content (AvgIpc) is 2.16. The Morgan fingerprint density at radius 1 is 1.31 bits per heavy atom. The Bertz CT molecular complexity index is 309. The van der Waals surface area contributed by atoms with E-state index in [-0.39, 0.29) is 0 Å². The average molecular weight is 207 g/mol. The van der Waals surface area contributed by atoms with Crippen molar-refractivity contribution < 1.29 is 17.0 Å². The first-order chi connectivity index (χ1) is 6.33. The zero-order valence-electron chi connectivity index (χ0n) is 7.48. The summed E-state index contributed by atoms with van der Waals surface area (Å²) in [6.45, 7) is 3.97. The molecule has 0 aliphatic rings. The van der Waals surface area contributed by atoms with E-state index in [4.69, 9.17) is 0 Å². The van der Waals surface area contributed by atoms with Gasteiger partial charge in [0, 0.05) is 0 Å². The molecule has 13 heavy (non-hydrogen) atoms. The Morgan fingerprint density at radius 2 is 2.00 bits per heavy atom. The fraction of sp³-hybridized carbons (Fsp3) is 0.0833. The van der Waals surface area contributed by atoms with E-state index in [2.05, 4.69) is 47.8 Å². The van der Waals surface area contributed by atoms with Gasteiger partial charge < -0.3 is 0 Å². The maximum atomic E-state index is 3.97. The molecule has 1 aromatic carbocycles. The Labute approximate surface area is 88.5 Å². The molecule has 0 saturated carbocycles. The first-order valence-corrected chi connectivity index (χ1v) is 4.99. The van der Waals surface area contributed by atoms with E-state index < -0.39 is 0 Å². The van der Waals surface area contributed by atoms with Gasteiger partial charge in [-0.05, 0) is 0 Å². The molecule has 0 aliphatic carbocycles. The van der Waals surface area contributed by atoms with Crippen LogP contribution in [-0.2, 0) is 23.4 Å². The fourth-order valence-corrected chi connectivity index (χ4v) is 1.23. The molecule has 0 N–H and O–H groups in total. The predicted octanol–water partition coefficient (Wildman–Crippen LogP) is 2.69. The number of rotatable bonds is 4. The first-order valence-electron chi connectivity index (χ1n) is 4.18. The van der Waals surface area contributed by atoms with Gasteiger partial charge in [-0.2, -0.15) is 0 Å². The molecule has 0 saturated heterocycles. The monoisotopic (exact) mass is 207 g/mol. The van der Waals surface area contributed by atoms with Crippen LogP contribution in [0.1, 0.15) is 5.56 Å². The molecule has 1 rings (SSSR count). The SMILES string of the molecule is C=C(C=C[CH]=[V])Cc1ccccc1. The molecule has 1 heteroatoms. The van der Waals surface area contributed by atoms with Crippen LogP contribution in [0.3, 0.4) is 0 Å². The second kappa shape index (κ2) is 5.74.